The molecule has 6 heteroatoms. The van der Waals surface area contributed by atoms with Crippen LogP contribution in [0.25, 0.3) is 0 Å². The zero-order valence-corrected chi connectivity index (χ0v) is 15.9. The van der Waals surface area contributed by atoms with Crippen LogP contribution in [0.4, 0.5) is 4.39 Å². The zero-order chi connectivity index (χ0) is 18.8. The molecule has 2 saturated carbocycles. The fourth-order valence-electron chi connectivity index (χ4n) is 5.82. The molecule has 0 radical (unpaired) electrons. The van der Waals surface area contributed by atoms with Crippen molar-refractivity contribution in [2.45, 2.75) is 70.1 Å². The van der Waals surface area contributed by atoms with E-state index in [1.54, 1.807) is 11.5 Å². The summed E-state index contributed by atoms with van der Waals surface area (Å²) in [6.45, 7) is 5.17. The summed E-state index contributed by atoms with van der Waals surface area (Å²) in [6, 6.07) is 4.98. The van der Waals surface area contributed by atoms with E-state index in [0.717, 1.165) is 36.2 Å². The number of hydrogen-bond acceptors (Lipinski definition) is 4. The van der Waals surface area contributed by atoms with Crippen LogP contribution in [0.2, 0.25) is 0 Å². The molecule has 1 aromatic carbocycles. The smallest absolute Gasteiger partial charge is 0.274 e. The molecule has 2 N–H and O–H groups in total. The van der Waals surface area contributed by atoms with Crippen molar-refractivity contribution in [3.63, 3.8) is 0 Å². The first-order valence-corrected chi connectivity index (χ1v) is 10.3. The predicted octanol–water partition coefficient (Wildman–Crippen LogP) is 2.71. The lowest BCUT2D eigenvalue weighted by atomic mass is 9.69. The molecule has 2 bridgehead atoms. The highest BCUT2D eigenvalue weighted by molar-refractivity contribution is 5.93. The van der Waals surface area contributed by atoms with Crippen molar-refractivity contribution in [2.75, 3.05) is 13.1 Å². The molecule has 2 aliphatic carbocycles. The molecule has 146 valence electrons. The average Bonchev–Trinajstić information content (AvgIpc) is 3.34. The quantitative estimate of drug-likeness (QED) is 0.616. The van der Waals surface area contributed by atoms with E-state index in [9.17, 15) is 9.18 Å². The maximum absolute atomic E-state index is 14.6. The number of carbonyl (C=O) groups is 1. The van der Waals surface area contributed by atoms with Gasteiger partial charge in [-0.1, -0.05) is 6.92 Å². The average molecular weight is 373 g/mol. The van der Waals surface area contributed by atoms with E-state index in [-0.39, 0.29) is 11.4 Å². The van der Waals surface area contributed by atoms with E-state index < -0.39 is 5.91 Å². The molecule has 3 aliphatic heterocycles. The Bertz CT molecular complexity index is 773. The van der Waals surface area contributed by atoms with Crippen LogP contribution < -0.4 is 5.48 Å². The number of amides is 1. The van der Waals surface area contributed by atoms with Crippen molar-refractivity contribution in [3.05, 3.63) is 34.6 Å². The number of nitrogens with zero attached hydrogens (tertiary/aromatic N) is 2. The van der Waals surface area contributed by atoms with Gasteiger partial charge in [-0.15, -0.1) is 0 Å². The third kappa shape index (κ3) is 2.89. The Morgan fingerprint density at radius 2 is 2.11 bits per heavy atom. The Morgan fingerprint density at radius 1 is 1.33 bits per heavy atom. The van der Waals surface area contributed by atoms with Crippen LogP contribution in [0, 0.1) is 11.2 Å². The maximum Gasteiger partial charge on any atom is 0.274 e. The minimum absolute atomic E-state index is 0.186. The summed E-state index contributed by atoms with van der Waals surface area (Å²) in [5.41, 5.74) is 3.84. The SMILES string of the molecule is CC[C@H]1Cc2c(F)cc(C(=O)NO)cc2CN1CC12CC(C1)N(C1CC1)C2. The topological polar surface area (TPSA) is 55.8 Å². The number of nitrogens with one attached hydrogen (secondary N) is 1. The predicted molar refractivity (Wildman–Crippen MR) is 99.0 cm³/mol. The van der Waals surface area contributed by atoms with Gasteiger partial charge in [-0.3, -0.25) is 19.8 Å². The minimum atomic E-state index is -0.655. The summed E-state index contributed by atoms with van der Waals surface area (Å²) in [7, 11) is 0. The van der Waals surface area contributed by atoms with Gasteiger partial charge in [0.1, 0.15) is 5.82 Å². The van der Waals surface area contributed by atoms with Gasteiger partial charge in [0.2, 0.25) is 0 Å². The summed E-state index contributed by atoms with van der Waals surface area (Å²) >= 11 is 0. The molecule has 0 spiro atoms. The second kappa shape index (κ2) is 6.26. The fraction of sp³-hybridized carbons (Fsp3) is 0.667. The van der Waals surface area contributed by atoms with E-state index in [0.29, 0.717) is 24.4 Å². The van der Waals surface area contributed by atoms with Crippen molar-refractivity contribution in [1.82, 2.24) is 15.3 Å². The van der Waals surface area contributed by atoms with Crippen LogP contribution in [-0.4, -0.2) is 52.1 Å². The third-order valence-corrected chi connectivity index (χ3v) is 7.33. The van der Waals surface area contributed by atoms with E-state index in [2.05, 4.69) is 16.7 Å². The molecule has 3 heterocycles. The number of hydroxylamine groups is 1. The summed E-state index contributed by atoms with van der Waals surface area (Å²) in [6.07, 6.45) is 7.07. The Labute approximate surface area is 159 Å². The molecule has 0 aromatic heterocycles. The second-order valence-electron chi connectivity index (χ2n) is 9.17. The molecule has 27 heavy (non-hydrogen) atoms. The Kier molecular flexibility index (Phi) is 4.08. The summed E-state index contributed by atoms with van der Waals surface area (Å²) in [4.78, 5) is 17.0. The van der Waals surface area contributed by atoms with Gasteiger partial charge in [-0.2, -0.15) is 0 Å². The van der Waals surface area contributed by atoms with E-state index in [1.807, 2.05) is 0 Å². The number of fused-ring (bicyclic) bond motifs is 2. The van der Waals surface area contributed by atoms with Crippen molar-refractivity contribution in [2.24, 2.45) is 5.41 Å². The van der Waals surface area contributed by atoms with Crippen LogP contribution in [0.3, 0.4) is 0 Å². The number of halogens is 1. The molecule has 1 amide bonds. The molecule has 6 rings (SSSR count). The van der Waals surface area contributed by atoms with E-state index >= 15 is 0 Å². The first kappa shape index (κ1) is 17.6. The minimum Gasteiger partial charge on any atom is -0.297 e. The first-order chi connectivity index (χ1) is 13.0. The summed E-state index contributed by atoms with van der Waals surface area (Å²) in [5.74, 6) is -0.982. The van der Waals surface area contributed by atoms with Gasteiger partial charge in [-0.25, -0.2) is 9.87 Å². The van der Waals surface area contributed by atoms with Crippen molar-refractivity contribution < 1.29 is 14.4 Å². The third-order valence-electron chi connectivity index (χ3n) is 7.33. The van der Waals surface area contributed by atoms with Gasteiger partial charge in [0.05, 0.1) is 0 Å². The zero-order valence-electron chi connectivity index (χ0n) is 15.9. The standard InChI is InChI=1S/C21H28FN3O2/c1-2-15-7-18-14(5-13(6-19(18)22)20(26)23-27)10-24(15)11-21-8-17(9-21)25(12-21)16-3-4-16/h5-6,15-17,27H,2-4,7-12H2,1H3,(H,23,26)/t15-,17?,21?/m0/s1. The molecular formula is C21H28FN3O2. The number of rotatable bonds is 5. The lowest BCUT2D eigenvalue weighted by Crippen LogP contribution is -2.49. The number of carbonyl (C=O) groups excluding carboxylic acids is 1. The van der Waals surface area contributed by atoms with Crippen LogP contribution in [0.5, 0.6) is 0 Å². The van der Waals surface area contributed by atoms with Crippen molar-refractivity contribution in [1.29, 1.82) is 0 Å². The van der Waals surface area contributed by atoms with Crippen LogP contribution in [-0.2, 0) is 13.0 Å². The van der Waals surface area contributed by atoms with Gasteiger partial charge >= 0.3 is 0 Å². The number of benzene rings is 1. The molecule has 0 unspecified atom stereocenters. The molecule has 2 saturated heterocycles. The Balaban J connectivity index is 1.37. The van der Waals surface area contributed by atoms with Gasteiger partial charge < -0.3 is 0 Å². The largest absolute Gasteiger partial charge is 0.297 e. The van der Waals surface area contributed by atoms with Crippen LogP contribution in [0.1, 0.15) is 60.5 Å². The summed E-state index contributed by atoms with van der Waals surface area (Å²) < 4.78 is 14.6. The molecule has 5 nitrogen and oxygen atoms in total. The highest BCUT2D eigenvalue weighted by Gasteiger charge is 2.58. The van der Waals surface area contributed by atoms with Crippen molar-refractivity contribution >= 4 is 5.91 Å². The van der Waals surface area contributed by atoms with Crippen molar-refractivity contribution in [3.8, 4) is 0 Å². The van der Waals surface area contributed by atoms with Gasteiger partial charge in [0.25, 0.3) is 5.91 Å². The number of hydrogen-bond donors (Lipinski definition) is 2. The summed E-state index contributed by atoms with van der Waals surface area (Å²) in [5, 5.41) is 8.88. The van der Waals surface area contributed by atoms with Crippen LogP contribution >= 0.6 is 0 Å². The molecule has 5 aliphatic rings. The Morgan fingerprint density at radius 3 is 2.78 bits per heavy atom. The Hall–Kier alpha value is -1.50. The van der Waals surface area contributed by atoms with E-state index in [1.165, 1.54) is 38.3 Å². The first-order valence-electron chi connectivity index (χ1n) is 10.3. The van der Waals surface area contributed by atoms with E-state index in [4.69, 9.17) is 5.21 Å². The van der Waals surface area contributed by atoms with Gasteiger partial charge in [-0.05, 0) is 67.2 Å². The second-order valence-corrected chi connectivity index (χ2v) is 9.17. The lowest BCUT2D eigenvalue weighted by molar-refractivity contribution is 0.0615. The molecular weight excluding hydrogens is 345 g/mol. The fourth-order valence-corrected chi connectivity index (χ4v) is 5.82. The maximum atomic E-state index is 14.6. The lowest BCUT2D eigenvalue weighted by Gasteiger charge is -2.45. The van der Waals surface area contributed by atoms with Gasteiger partial charge in [0.15, 0.2) is 0 Å². The highest BCUT2D eigenvalue weighted by atomic mass is 19.1. The van der Waals surface area contributed by atoms with Crippen LogP contribution in [0.15, 0.2) is 12.1 Å². The van der Waals surface area contributed by atoms with Gasteiger partial charge in [0, 0.05) is 43.3 Å². The molecule has 1 atom stereocenters. The monoisotopic (exact) mass is 373 g/mol. The normalized spacial score (nSPS) is 32.9. The highest BCUT2D eigenvalue weighted by Crippen LogP contribution is 2.55. The molecule has 4 fully saturated rings. The molecule has 1 aromatic rings.